The fourth-order valence-corrected chi connectivity index (χ4v) is 2.98. The molecule has 3 atom stereocenters. The minimum Gasteiger partial charge on any atom is -0.481 e. The first-order chi connectivity index (χ1) is 8.50. The molecule has 1 unspecified atom stereocenters. The molecule has 1 saturated heterocycles. The van der Waals surface area contributed by atoms with Crippen LogP contribution in [0, 0.1) is 17.8 Å². The lowest BCUT2D eigenvalue weighted by Gasteiger charge is -2.22. The summed E-state index contributed by atoms with van der Waals surface area (Å²) in [5, 5.41) is 9.07. The Hall–Kier alpha value is -1.59. The van der Waals surface area contributed by atoms with Crippen molar-refractivity contribution in [2.24, 2.45) is 23.5 Å². The molecule has 0 spiro atoms. The van der Waals surface area contributed by atoms with Crippen LogP contribution >= 0.6 is 0 Å². The largest absolute Gasteiger partial charge is 0.481 e. The second-order valence-corrected chi connectivity index (χ2v) is 5.15. The molecule has 0 bridgehead atoms. The zero-order valence-electron chi connectivity index (χ0n) is 10.2. The minimum absolute atomic E-state index is 0.122. The molecule has 18 heavy (non-hydrogen) atoms. The molecule has 6 nitrogen and oxygen atoms in total. The monoisotopic (exact) mass is 254 g/mol. The highest BCUT2D eigenvalue weighted by atomic mass is 16.4. The summed E-state index contributed by atoms with van der Waals surface area (Å²) < 4.78 is 0. The van der Waals surface area contributed by atoms with E-state index in [1.54, 1.807) is 4.90 Å². The van der Waals surface area contributed by atoms with E-state index in [9.17, 15) is 14.4 Å². The van der Waals surface area contributed by atoms with E-state index in [2.05, 4.69) is 0 Å². The van der Waals surface area contributed by atoms with E-state index in [0.717, 1.165) is 6.42 Å². The van der Waals surface area contributed by atoms with Crippen LogP contribution in [-0.2, 0) is 14.4 Å². The standard InChI is InChI=1S/C12H18N2O4/c13-10(15)7-4-5-14(6-7)11(16)8-2-1-3-9(8)12(17)18/h7-9H,1-6H2,(H2,13,15)(H,17,18)/t7?,8-,9+/m1/s1. The molecule has 0 aromatic heterocycles. The van der Waals surface area contributed by atoms with Gasteiger partial charge in [0, 0.05) is 13.1 Å². The van der Waals surface area contributed by atoms with Gasteiger partial charge in [-0.25, -0.2) is 0 Å². The number of carboxylic acids is 1. The summed E-state index contributed by atoms with van der Waals surface area (Å²) in [5.74, 6) is -2.66. The number of hydrogen-bond donors (Lipinski definition) is 2. The number of likely N-dealkylation sites (tertiary alicyclic amines) is 1. The summed E-state index contributed by atoms with van der Waals surface area (Å²) in [7, 11) is 0. The highest BCUT2D eigenvalue weighted by Gasteiger charge is 2.41. The molecule has 1 heterocycles. The van der Waals surface area contributed by atoms with Crippen molar-refractivity contribution in [2.75, 3.05) is 13.1 Å². The zero-order valence-corrected chi connectivity index (χ0v) is 10.2. The summed E-state index contributed by atoms with van der Waals surface area (Å²) in [6.07, 6.45) is 2.57. The van der Waals surface area contributed by atoms with Gasteiger partial charge in [0.25, 0.3) is 0 Å². The van der Waals surface area contributed by atoms with Crippen molar-refractivity contribution in [2.45, 2.75) is 25.7 Å². The van der Waals surface area contributed by atoms with E-state index < -0.39 is 17.8 Å². The zero-order chi connectivity index (χ0) is 13.3. The molecular formula is C12H18N2O4. The Morgan fingerprint density at radius 2 is 1.78 bits per heavy atom. The van der Waals surface area contributed by atoms with Gasteiger partial charge in [-0.1, -0.05) is 6.42 Å². The van der Waals surface area contributed by atoms with E-state index in [0.29, 0.717) is 32.4 Å². The maximum Gasteiger partial charge on any atom is 0.307 e. The molecule has 0 radical (unpaired) electrons. The number of carboxylic acid groups (broad SMARTS) is 1. The van der Waals surface area contributed by atoms with Crippen molar-refractivity contribution >= 4 is 17.8 Å². The Balaban J connectivity index is 2.00. The first-order valence-electron chi connectivity index (χ1n) is 6.31. The second kappa shape index (κ2) is 4.96. The first kappa shape index (κ1) is 12.9. The predicted molar refractivity (Wildman–Crippen MR) is 62.3 cm³/mol. The fourth-order valence-electron chi connectivity index (χ4n) is 2.98. The number of nitrogens with zero attached hydrogens (tertiary/aromatic N) is 1. The number of amides is 2. The smallest absolute Gasteiger partial charge is 0.307 e. The second-order valence-electron chi connectivity index (χ2n) is 5.15. The van der Waals surface area contributed by atoms with Crippen LogP contribution in [0.25, 0.3) is 0 Å². The van der Waals surface area contributed by atoms with Gasteiger partial charge in [-0.3, -0.25) is 14.4 Å². The highest BCUT2D eigenvalue weighted by Crippen LogP contribution is 2.34. The van der Waals surface area contributed by atoms with Crippen molar-refractivity contribution in [1.82, 2.24) is 4.90 Å². The lowest BCUT2D eigenvalue weighted by Crippen LogP contribution is -2.38. The molecule has 6 heteroatoms. The number of aliphatic carboxylic acids is 1. The van der Waals surface area contributed by atoms with Crippen LogP contribution in [0.1, 0.15) is 25.7 Å². The number of carbonyl (C=O) groups is 3. The summed E-state index contributed by atoms with van der Waals surface area (Å²) in [6, 6.07) is 0. The van der Waals surface area contributed by atoms with E-state index in [1.165, 1.54) is 0 Å². The molecule has 3 N–H and O–H groups in total. The lowest BCUT2D eigenvalue weighted by atomic mass is 9.95. The average molecular weight is 254 g/mol. The average Bonchev–Trinajstić information content (AvgIpc) is 2.97. The van der Waals surface area contributed by atoms with Gasteiger partial charge in [0.15, 0.2) is 0 Å². The van der Waals surface area contributed by atoms with Gasteiger partial charge in [0.1, 0.15) is 0 Å². The first-order valence-corrected chi connectivity index (χ1v) is 6.31. The van der Waals surface area contributed by atoms with Crippen LogP contribution in [0.3, 0.4) is 0 Å². The molecule has 2 fully saturated rings. The summed E-state index contributed by atoms with van der Waals surface area (Å²) in [6.45, 7) is 0.853. The predicted octanol–water partition coefficient (Wildman–Crippen LogP) is -0.179. The molecular weight excluding hydrogens is 236 g/mol. The number of nitrogens with two attached hydrogens (primary N) is 1. The maximum atomic E-state index is 12.2. The van der Waals surface area contributed by atoms with Crippen molar-refractivity contribution in [3.8, 4) is 0 Å². The molecule has 1 saturated carbocycles. The minimum atomic E-state index is -0.892. The fraction of sp³-hybridized carbons (Fsp3) is 0.750. The van der Waals surface area contributed by atoms with Gasteiger partial charge in [0.2, 0.25) is 11.8 Å². The summed E-state index contributed by atoms with van der Waals surface area (Å²) in [4.78, 5) is 36.0. The number of primary amides is 1. The third kappa shape index (κ3) is 2.32. The van der Waals surface area contributed by atoms with E-state index >= 15 is 0 Å². The molecule has 2 rings (SSSR count). The van der Waals surface area contributed by atoms with Crippen LogP contribution in [0.5, 0.6) is 0 Å². The molecule has 0 aromatic rings. The van der Waals surface area contributed by atoms with Crippen LogP contribution < -0.4 is 5.73 Å². The van der Waals surface area contributed by atoms with Gasteiger partial charge in [-0.15, -0.1) is 0 Å². The molecule has 1 aliphatic carbocycles. The topological polar surface area (TPSA) is 101 Å². The van der Waals surface area contributed by atoms with Crippen molar-refractivity contribution in [1.29, 1.82) is 0 Å². The van der Waals surface area contributed by atoms with Crippen LogP contribution in [0.4, 0.5) is 0 Å². The van der Waals surface area contributed by atoms with Gasteiger partial charge < -0.3 is 15.7 Å². The van der Waals surface area contributed by atoms with Crippen LogP contribution in [0.2, 0.25) is 0 Å². The number of rotatable bonds is 3. The van der Waals surface area contributed by atoms with Crippen LogP contribution in [-0.4, -0.2) is 40.9 Å². The molecule has 2 amide bonds. The third-order valence-electron chi connectivity index (χ3n) is 4.05. The highest BCUT2D eigenvalue weighted by molar-refractivity contribution is 5.86. The van der Waals surface area contributed by atoms with Crippen molar-refractivity contribution in [3.63, 3.8) is 0 Å². The summed E-state index contributed by atoms with van der Waals surface area (Å²) in [5.41, 5.74) is 5.22. The lowest BCUT2D eigenvalue weighted by molar-refractivity contribution is -0.148. The van der Waals surface area contributed by atoms with E-state index in [1.807, 2.05) is 0 Å². The quantitative estimate of drug-likeness (QED) is 0.729. The SMILES string of the molecule is NC(=O)C1CCN(C(=O)[C@@H]2CCC[C@@H]2C(=O)O)C1. The Labute approximate surface area is 105 Å². The van der Waals surface area contributed by atoms with Crippen molar-refractivity contribution in [3.05, 3.63) is 0 Å². The normalized spacial score (nSPS) is 31.6. The van der Waals surface area contributed by atoms with Crippen LogP contribution in [0.15, 0.2) is 0 Å². The number of carbonyl (C=O) groups excluding carboxylic acids is 2. The third-order valence-corrected chi connectivity index (χ3v) is 4.05. The van der Waals surface area contributed by atoms with Crippen molar-refractivity contribution < 1.29 is 19.5 Å². The van der Waals surface area contributed by atoms with Gasteiger partial charge in [-0.05, 0) is 19.3 Å². The Morgan fingerprint density at radius 1 is 1.11 bits per heavy atom. The summed E-state index contributed by atoms with van der Waals surface area (Å²) >= 11 is 0. The van der Waals surface area contributed by atoms with E-state index in [4.69, 9.17) is 10.8 Å². The van der Waals surface area contributed by atoms with Gasteiger partial charge in [0.05, 0.1) is 17.8 Å². The molecule has 2 aliphatic rings. The molecule has 100 valence electrons. The molecule has 1 aliphatic heterocycles. The Kier molecular flexibility index (Phi) is 3.54. The Bertz CT molecular complexity index is 382. The van der Waals surface area contributed by atoms with Gasteiger partial charge >= 0.3 is 5.97 Å². The van der Waals surface area contributed by atoms with E-state index in [-0.39, 0.29) is 17.7 Å². The Morgan fingerprint density at radius 3 is 2.33 bits per heavy atom. The maximum absolute atomic E-state index is 12.2. The van der Waals surface area contributed by atoms with Gasteiger partial charge in [-0.2, -0.15) is 0 Å². The number of hydrogen-bond acceptors (Lipinski definition) is 3. The molecule has 0 aromatic carbocycles.